The van der Waals surface area contributed by atoms with Gasteiger partial charge in [0.15, 0.2) is 0 Å². The minimum Gasteiger partial charge on any atom is -0.313 e. The summed E-state index contributed by atoms with van der Waals surface area (Å²) in [4.78, 5) is 0. The molecule has 2 aliphatic rings. The van der Waals surface area contributed by atoms with E-state index < -0.39 is 0 Å². The van der Waals surface area contributed by atoms with Crippen molar-refractivity contribution in [1.82, 2.24) is 5.32 Å². The first-order valence-corrected chi connectivity index (χ1v) is 8.01. The lowest BCUT2D eigenvalue weighted by atomic mass is 9.79. The van der Waals surface area contributed by atoms with Crippen LogP contribution in [0.15, 0.2) is 30.3 Å². The summed E-state index contributed by atoms with van der Waals surface area (Å²) >= 11 is 0. The van der Waals surface area contributed by atoms with Crippen molar-refractivity contribution in [2.45, 2.75) is 57.9 Å². The van der Waals surface area contributed by atoms with Crippen molar-refractivity contribution in [3.63, 3.8) is 0 Å². The van der Waals surface area contributed by atoms with Gasteiger partial charge >= 0.3 is 0 Å². The van der Waals surface area contributed by atoms with E-state index in [0.717, 1.165) is 17.9 Å². The Hall–Kier alpha value is -0.820. The van der Waals surface area contributed by atoms with Gasteiger partial charge in [-0.2, -0.15) is 0 Å². The lowest BCUT2D eigenvalue weighted by molar-refractivity contribution is 0.229. The molecule has 2 fully saturated rings. The molecule has 1 aromatic carbocycles. The molecule has 2 saturated carbocycles. The zero-order valence-corrected chi connectivity index (χ0v) is 12.4. The van der Waals surface area contributed by atoms with Crippen LogP contribution in [0.2, 0.25) is 0 Å². The molecule has 1 heteroatoms. The molecule has 0 aromatic heterocycles. The second-order valence-electron chi connectivity index (χ2n) is 6.92. The first kappa shape index (κ1) is 13.2. The second kappa shape index (κ2) is 5.28. The van der Waals surface area contributed by atoms with Crippen LogP contribution >= 0.6 is 0 Å². The third kappa shape index (κ3) is 3.02. The molecule has 1 aromatic rings. The van der Waals surface area contributed by atoms with Crippen LogP contribution in [-0.2, 0) is 0 Å². The van der Waals surface area contributed by atoms with Crippen molar-refractivity contribution >= 4 is 0 Å². The Labute approximate surface area is 117 Å². The van der Waals surface area contributed by atoms with Crippen molar-refractivity contribution in [3.05, 3.63) is 35.9 Å². The van der Waals surface area contributed by atoms with E-state index in [4.69, 9.17) is 0 Å². The first-order chi connectivity index (χ1) is 9.23. The lowest BCUT2D eigenvalue weighted by Gasteiger charge is -2.31. The average molecular weight is 257 g/mol. The smallest absolute Gasteiger partial charge is 0.00684 e. The zero-order chi connectivity index (χ0) is 13.3. The van der Waals surface area contributed by atoms with E-state index in [9.17, 15) is 0 Å². The fourth-order valence-corrected chi connectivity index (χ4v) is 3.67. The fraction of sp³-hybridized carbons (Fsp3) is 0.667. The number of hydrogen-bond donors (Lipinski definition) is 1. The maximum absolute atomic E-state index is 3.78. The van der Waals surface area contributed by atoms with Crippen LogP contribution in [0.25, 0.3) is 0 Å². The van der Waals surface area contributed by atoms with Crippen LogP contribution in [0.3, 0.4) is 0 Å². The highest BCUT2D eigenvalue weighted by Crippen LogP contribution is 2.58. The predicted octanol–water partition coefficient (Wildman–Crippen LogP) is 4.35. The van der Waals surface area contributed by atoms with Gasteiger partial charge in [-0.05, 0) is 48.5 Å². The van der Waals surface area contributed by atoms with Crippen LogP contribution in [0.4, 0.5) is 0 Å². The van der Waals surface area contributed by atoms with Crippen LogP contribution in [0.1, 0.15) is 57.4 Å². The molecule has 2 aliphatic carbocycles. The predicted molar refractivity (Wildman–Crippen MR) is 81.3 cm³/mol. The summed E-state index contributed by atoms with van der Waals surface area (Å²) < 4.78 is 0. The summed E-state index contributed by atoms with van der Waals surface area (Å²) in [6.07, 6.45) is 6.86. The van der Waals surface area contributed by atoms with E-state index >= 15 is 0 Å². The summed E-state index contributed by atoms with van der Waals surface area (Å²) in [5.74, 6) is 1.71. The van der Waals surface area contributed by atoms with Gasteiger partial charge in [0.05, 0.1) is 0 Å². The molecule has 1 nitrogen and oxygen atoms in total. The van der Waals surface area contributed by atoms with Gasteiger partial charge in [0.2, 0.25) is 0 Å². The Balaban J connectivity index is 1.64. The molecule has 0 saturated heterocycles. The Bertz CT molecular complexity index is 409. The molecule has 3 unspecified atom stereocenters. The van der Waals surface area contributed by atoms with Crippen LogP contribution in [0.5, 0.6) is 0 Å². The highest BCUT2D eigenvalue weighted by atomic mass is 15.0. The number of nitrogens with one attached hydrogen (secondary N) is 1. The van der Waals surface area contributed by atoms with Crippen LogP contribution < -0.4 is 5.32 Å². The SMILES string of the molecule is CCCC(C)(CNC1CC1)C1CC1c1ccccc1. The maximum Gasteiger partial charge on any atom is 0.00684 e. The molecular weight excluding hydrogens is 230 g/mol. The van der Waals surface area contributed by atoms with Crippen molar-refractivity contribution in [1.29, 1.82) is 0 Å². The zero-order valence-electron chi connectivity index (χ0n) is 12.4. The summed E-state index contributed by atoms with van der Waals surface area (Å²) in [6, 6.07) is 12.0. The highest BCUT2D eigenvalue weighted by molar-refractivity contribution is 5.27. The standard InChI is InChI=1S/C18H27N/c1-3-11-18(2,13-19-15-9-10-15)17-12-16(17)14-7-5-4-6-8-14/h4-8,15-17,19H,3,9-13H2,1-2H3. The van der Waals surface area contributed by atoms with E-state index in [0.29, 0.717) is 5.41 Å². The molecule has 3 atom stereocenters. The van der Waals surface area contributed by atoms with Crippen molar-refractivity contribution in [3.8, 4) is 0 Å². The lowest BCUT2D eigenvalue weighted by Crippen LogP contribution is -2.35. The number of benzene rings is 1. The van der Waals surface area contributed by atoms with Gasteiger partial charge in [0, 0.05) is 12.6 Å². The highest BCUT2D eigenvalue weighted by Gasteiger charge is 2.49. The third-order valence-corrected chi connectivity index (χ3v) is 5.11. The summed E-state index contributed by atoms with van der Waals surface area (Å²) in [7, 11) is 0. The van der Waals surface area contributed by atoms with E-state index in [2.05, 4.69) is 49.5 Å². The van der Waals surface area contributed by atoms with Gasteiger partial charge in [-0.15, -0.1) is 0 Å². The van der Waals surface area contributed by atoms with Gasteiger partial charge in [-0.3, -0.25) is 0 Å². The Kier molecular flexibility index (Phi) is 3.66. The van der Waals surface area contributed by atoms with E-state index in [-0.39, 0.29) is 0 Å². The molecule has 0 spiro atoms. The van der Waals surface area contributed by atoms with Gasteiger partial charge in [-0.25, -0.2) is 0 Å². The summed E-state index contributed by atoms with van der Waals surface area (Å²) in [5.41, 5.74) is 2.05. The molecule has 0 heterocycles. The Morgan fingerprint density at radius 2 is 1.95 bits per heavy atom. The average Bonchev–Trinajstić information content (AvgIpc) is 3.30. The van der Waals surface area contributed by atoms with E-state index in [1.807, 2.05) is 0 Å². The van der Waals surface area contributed by atoms with Gasteiger partial charge in [-0.1, -0.05) is 50.6 Å². The molecular formula is C18H27N. The summed E-state index contributed by atoms with van der Waals surface area (Å²) in [5, 5.41) is 3.78. The van der Waals surface area contributed by atoms with Crippen molar-refractivity contribution in [2.24, 2.45) is 11.3 Å². The summed E-state index contributed by atoms with van der Waals surface area (Å²) in [6.45, 7) is 6.06. The molecule has 0 aliphatic heterocycles. The van der Waals surface area contributed by atoms with Crippen molar-refractivity contribution in [2.75, 3.05) is 6.54 Å². The van der Waals surface area contributed by atoms with Crippen LogP contribution in [-0.4, -0.2) is 12.6 Å². The molecule has 1 N–H and O–H groups in total. The van der Waals surface area contributed by atoms with E-state index in [1.165, 1.54) is 38.6 Å². The topological polar surface area (TPSA) is 12.0 Å². The van der Waals surface area contributed by atoms with E-state index in [1.54, 1.807) is 5.56 Å². The largest absolute Gasteiger partial charge is 0.313 e. The number of hydrogen-bond acceptors (Lipinski definition) is 1. The minimum absolute atomic E-state index is 0.498. The molecule has 0 bridgehead atoms. The molecule has 3 rings (SSSR count). The molecule has 0 amide bonds. The minimum atomic E-state index is 0.498. The number of rotatable bonds is 7. The second-order valence-corrected chi connectivity index (χ2v) is 6.92. The molecule has 19 heavy (non-hydrogen) atoms. The Morgan fingerprint density at radius 3 is 2.58 bits per heavy atom. The molecule has 0 radical (unpaired) electrons. The third-order valence-electron chi connectivity index (χ3n) is 5.11. The monoisotopic (exact) mass is 257 g/mol. The maximum atomic E-state index is 3.78. The van der Waals surface area contributed by atoms with Gasteiger partial charge in [0.1, 0.15) is 0 Å². The normalized spacial score (nSPS) is 28.9. The molecule has 104 valence electrons. The van der Waals surface area contributed by atoms with Crippen molar-refractivity contribution < 1.29 is 0 Å². The van der Waals surface area contributed by atoms with Crippen LogP contribution in [0, 0.1) is 11.3 Å². The van der Waals surface area contributed by atoms with Gasteiger partial charge < -0.3 is 5.32 Å². The van der Waals surface area contributed by atoms with Gasteiger partial charge in [0.25, 0.3) is 0 Å². The quantitative estimate of drug-likeness (QED) is 0.766. The fourth-order valence-electron chi connectivity index (χ4n) is 3.67. The first-order valence-electron chi connectivity index (χ1n) is 8.01. The Morgan fingerprint density at radius 1 is 1.21 bits per heavy atom.